The predicted molar refractivity (Wildman–Crippen MR) is 87.1 cm³/mol. The maximum absolute atomic E-state index is 5.51. The molecule has 2 aliphatic rings. The summed E-state index contributed by atoms with van der Waals surface area (Å²) in [6, 6.07) is 0. The first-order chi connectivity index (χ1) is 9.81. The quantitative estimate of drug-likeness (QED) is 0.861. The van der Waals surface area contributed by atoms with Gasteiger partial charge in [0.05, 0.1) is 0 Å². The van der Waals surface area contributed by atoms with Gasteiger partial charge in [0.25, 0.3) is 0 Å². The summed E-state index contributed by atoms with van der Waals surface area (Å²) in [5.41, 5.74) is 0.366. The highest BCUT2D eigenvalue weighted by Gasteiger charge is 2.34. The fraction of sp³-hybridized carbons (Fsp3) is 0.786. The van der Waals surface area contributed by atoms with Gasteiger partial charge in [-0.15, -0.1) is 11.3 Å². The lowest BCUT2D eigenvalue weighted by Gasteiger charge is -2.43. The van der Waals surface area contributed by atoms with E-state index in [9.17, 15) is 0 Å². The first kappa shape index (κ1) is 14.6. The third kappa shape index (κ3) is 3.30. The van der Waals surface area contributed by atoms with Gasteiger partial charge in [0.15, 0.2) is 5.13 Å². The zero-order valence-electron chi connectivity index (χ0n) is 11.8. The minimum absolute atomic E-state index is 0.366. The molecule has 0 bridgehead atoms. The largest absolute Gasteiger partial charge is 0.381 e. The molecule has 0 spiro atoms. The Balaban J connectivity index is 1.53. The summed E-state index contributed by atoms with van der Waals surface area (Å²) in [6.07, 6.45) is 4.21. The van der Waals surface area contributed by atoms with Gasteiger partial charge in [0, 0.05) is 57.5 Å². The summed E-state index contributed by atoms with van der Waals surface area (Å²) in [5.74, 6) is 0.975. The van der Waals surface area contributed by atoms with Crippen LogP contribution in [0.5, 0.6) is 0 Å². The number of rotatable bonds is 4. The van der Waals surface area contributed by atoms with Crippen molar-refractivity contribution in [2.75, 3.05) is 56.6 Å². The molecule has 0 N–H and O–H groups in total. The van der Waals surface area contributed by atoms with Gasteiger partial charge >= 0.3 is 0 Å². The summed E-state index contributed by atoms with van der Waals surface area (Å²) in [6.45, 7) is 7.43. The topological polar surface area (TPSA) is 28.6 Å². The number of nitrogens with zero attached hydrogens (tertiary/aromatic N) is 3. The molecule has 0 radical (unpaired) electrons. The minimum atomic E-state index is 0.366. The van der Waals surface area contributed by atoms with Crippen molar-refractivity contribution in [2.45, 2.75) is 12.8 Å². The first-order valence-electron chi connectivity index (χ1n) is 7.37. The van der Waals surface area contributed by atoms with Crippen LogP contribution in [0.15, 0.2) is 11.6 Å². The van der Waals surface area contributed by atoms with Crippen molar-refractivity contribution in [3.05, 3.63) is 11.6 Å². The van der Waals surface area contributed by atoms with Crippen molar-refractivity contribution in [1.82, 2.24) is 9.88 Å². The molecule has 20 heavy (non-hydrogen) atoms. The Labute approximate surface area is 130 Å². The molecule has 3 heterocycles. The minimum Gasteiger partial charge on any atom is -0.381 e. The Morgan fingerprint density at radius 1 is 1.25 bits per heavy atom. The van der Waals surface area contributed by atoms with Gasteiger partial charge in [-0.2, -0.15) is 12.6 Å². The summed E-state index contributed by atoms with van der Waals surface area (Å²) in [4.78, 5) is 9.41. The van der Waals surface area contributed by atoms with Crippen LogP contribution in [0.4, 0.5) is 5.13 Å². The molecule has 0 aliphatic carbocycles. The number of piperazine rings is 1. The van der Waals surface area contributed by atoms with Gasteiger partial charge in [-0.05, 0) is 24.0 Å². The summed E-state index contributed by atoms with van der Waals surface area (Å²) in [7, 11) is 0. The lowest BCUT2D eigenvalue weighted by atomic mass is 9.81. The molecule has 0 amide bonds. The van der Waals surface area contributed by atoms with E-state index in [0.29, 0.717) is 5.41 Å². The highest BCUT2D eigenvalue weighted by molar-refractivity contribution is 7.80. The summed E-state index contributed by atoms with van der Waals surface area (Å²) in [5, 5.41) is 3.22. The first-order valence-corrected chi connectivity index (χ1v) is 8.88. The van der Waals surface area contributed by atoms with E-state index in [1.54, 1.807) is 11.3 Å². The van der Waals surface area contributed by atoms with Gasteiger partial charge < -0.3 is 9.64 Å². The molecule has 2 aliphatic heterocycles. The van der Waals surface area contributed by atoms with Crippen LogP contribution in [0.3, 0.4) is 0 Å². The van der Waals surface area contributed by atoms with E-state index >= 15 is 0 Å². The number of anilines is 1. The van der Waals surface area contributed by atoms with E-state index in [2.05, 4.69) is 32.8 Å². The van der Waals surface area contributed by atoms with Gasteiger partial charge in [0.1, 0.15) is 0 Å². The van der Waals surface area contributed by atoms with E-state index in [1.165, 1.54) is 11.7 Å². The van der Waals surface area contributed by atoms with E-state index in [1.807, 2.05) is 6.20 Å². The molecular formula is C14H23N3OS2. The number of ether oxygens (including phenoxy) is 1. The smallest absolute Gasteiger partial charge is 0.185 e. The molecule has 3 rings (SSSR count). The highest BCUT2D eigenvalue weighted by atomic mass is 32.1. The normalized spacial score (nSPS) is 23.9. The van der Waals surface area contributed by atoms with Crippen LogP contribution in [0.25, 0.3) is 0 Å². The zero-order valence-corrected chi connectivity index (χ0v) is 13.5. The van der Waals surface area contributed by atoms with Gasteiger partial charge in [0.2, 0.25) is 0 Å². The molecule has 6 heteroatoms. The molecule has 4 nitrogen and oxygen atoms in total. The standard InChI is InChI=1S/C14H23N3OS2/c19-12-14(1-8-18-9-2-14)11-16-4-6-17(7-5-16)13-15-3-10-20-13/h3,10,19H,1-2,4-9,11-12H2. The highest BCUT2D eigenvalue weighted by Crippen LogP contribution is 2.33. The van der Waals surface area contributed by atoms with Gasteiger partial charge in [-0.25, -0.2) is 4.98 Å². The van der Waals surface area contributed by atoms with E-state index in [-0.39, 0.29) is 0 Å². The Bertz CT molecular complexity index is 399. The van der Waals surface area contributed by atoms with Gasteiger partial charge in [-0.3, -0.25) is 4.90 Å². The van der Waals surface area contributed by atoms with Crippen LogP contribution in [-0.2, 0) is 4.74 Å². The van der Waals surface area contributed by atoms with Crippen molar-refractivity contribution in [3.8, 4) is 0 Å². The zero-order chi connectivity index (χ0) is 13.8. The molecule has 112 valence electrons. The van der Waals surface area contributed by atoms with Crippen LogP contribution in [0.1, 0.15) is 12.8 Å². The van der Waals surface area contributed by atoms with E-state index in [4.69, 9.17) is 4.74 Å². The van der Waals surface area contributed by atoms with Crippen molar-refractivity contribution < 1.29 is 4.74 Å². The summed E-state index contributed by atoms with van der Waals surface area (Å²) < 4.78 is 5.51. The number of thiazole rings is 1. The Hall–Kier alpha value is -0.300. The molecule has 2 saturated heterocycles. The Kier molecular flexibility index (Phi) is 4.86. The average molecular weight is 313 g/mol. The summed E-state index contributed by atoms with van der Waals surface area (Å²) >= 11 is 6.35. The van der Waals surface area contributed by atoms with Gasteiger partial charge in [-0.1, -0.05) is 0 Å². The molecule has 0 aromatic carbocycles. The molecule has 2 fully saturated rings. The van der Waals surface area contributed by atoms with Crippen molar-refractivity contribution in [2.24, 2.45) is 5.41 Å². The molecule has 0 atom stereocenters. The lowest BCUT2D eigenvalue weighted by molar-refractivity contribution is 0.00695. The molecule has 0 unspecified atom stereocenters. The molecule has 0 saturated carbocycles. The monoisotopic (exact) mass is 313 g/mol. The number of aromatic nitrogens is 1. The molecule has 1 aromatic heterocycles. The second kappa shape index (κ2) is 6.64. The molecular weight excluding hydrogens is 290 g/mol. The Morgan fingerprint density at radius 2 is 2.00 bits per heavy atom. The second-order valence-corrected chi connectivity index (χ2v) is 7.04. The van der Waals surface area contributed by atoms with Crippen LogP contribution in [0.2, 0.25) is 0 Å². The number of hydrogen-bond donors (Lipinski definition) is 1. The third-order valence-corrected chi connectivity index (χ3v) is 6.01. The van der Waals surface area contributed by atoms with Crippen molar-refractivity contribution in [1.29, 1.82) is 0 Å². The van der Waals surface area contributed by atoms with Crippen molar-refractivity contribution >= 4 is 29.1 Å². The van der Waals surface area contributed by atoms with Crippen molar-refractivity contribution in [3.63, 3.8) is 0 Å². The fourth-order valence-corrected chi connectivity index (χ4v) is 4.23. The number of thiol groups is 1. The SMILES string of the molecule is SCC1(CN2CCN(c3nccs3)CC2)CCOCC1. The second-order valence-electron chi connectivity index (χ2n) is 5.85. The van der Waals surface area contributed by atoms with E-state index < -0.39 is 0 Å². The average Bonchev–Trinajstić information content (AvgIpc) is 3.03. The van der Waals surface area contributed by atoms with Crippen LogP contribution in [0, 0.1) is 5.41 Å². The fourth-order valence-electron chi connectivity index (χ4n) is 3.11. The lowest BCUT2D eigenvalue weighted by Crippen LogP contribution is -2.51. The van der Waals surface area contributed by atoms with Crippen LogP contribution < -0.4 is 4.90 Å². The third-order valence-electron chi connectivity index (χ3n) is 4.51. The van der Waals surface area contributed by atoms with E-state index in [0.717, 1.165) is 58.0 Å². The predicted octanol–water partition coefficient (Wildman–Crippen LogP) is 1.99. The maximum Gasteiger partial charge on any atom is 0.185 e. The maximum atomic E-state index is 5.51. The Morgan fingerprint density at radius 3 is 2.60 bits per heavy atom. The molecule has 1 aromatic rings. The number of hydrogen-bond acceptors (Lipinski definition) is 6. The van der Waals surface area contributed by atoms with Crippen LogP contribution in [-0.4, -0.2) is 61.6 Å². The van der Waals surface area contributed by atoms with Crippen LogP contribution >= 0.6 is 24.0 Å².